The summed E-state index contributed by atoms with van der Waals surface area (Å²) in [5, 5.41) is 3.19. The number of terminal acetylenes is 1. The van der Waals surface area contributed by atoms with Crippen LogP contribution in [0.1, 0.15) is 12.1 Å². The molecule has 1 N–H and O–H groups in total. The summed E-state index contributed by atoms with van der Waals surface area (Å²) in [4.78, 5) is 4.25. The Morgan fingerprint density at radius 3 is 3.14 bits per heavy atom. The number of aromatic nitrogens is 1. The van der Waals surface area contributed by atoms with Gasteiger partial charge in [-0.25, -0.2) is 4.98 Å². The van der Waals surface area contributed by atoms with Gasteiger partial charge >= 0.3 is 0 Å². The van der Waals surface area contributed by atoms with E-state index in [0.717, 1.165) is 25.2 Å². The fraction of sp³-hybridized carbons (Fsp3) is 0.364. The molecule has 3 nitrogen and oxygen atoms in total. The third-order valence-corrected chi connectivity index (χ3v) is 1.74. The molecule has 1 aromatic rings. The van der Waals surface area contributed by atoms with E-state index in [2.05, 4.69) is 16.2 Å². The first-order valence-corrected chi connectivity index (χ1v) is 4.51. The molecule has 3 heteroatoms. The van der Waals surface area contributed by atoms with E-state index in [9.17, 15) is 0 Å². The number of nitrogens with one attached hydrogen (secondary N) is 1. The highest BCUT2D eigenvalue weighted by Gasteiger charge is 1.95. The predicted octanol–water partition coefficient (Wildman–Crippen LogP) is 1.20. The Labute approximate surface area is 84.5 Å². The van der Waals surface area contributed by atoms with Gasteiger partial charge < -0.3 is 10.1 Å². The summed E-state index contributed by atoms with van der Waals surface area (Å²) >= 11 is 0. The molecule has 1 rings (SSSR count). The van der Waals surface area contributed by atoms with Gasteiger partial charge in [0, 0.05) is 25.6 Å². The van der Waals surface area contributed by atoms with Crippen LogP contribution in [0.4, 0.5) is 0 Å². The number of ether oxygens (including phenoxy) is 1. The molecule has 0 amide bonds. The maximum absolute atomic E-state index is 5.13. The number of nitrogens with zero attached hydrogens (tertiary/aromatic N) is 1. The molecule has 1 heterocycles. The molecule has 0 spiro atoms. The van der Waals surface area contributed by atoms with Crippen LogP contribution in [0.15, 0.2) is 18.2 Å². The summed E-state index contributed by atoms with van der Waals surface area (Å²) < 4.78 is 5.01. The first-order chi connectivity index (χ1) is 6.86. The van der Waals surface area contributed by atoms with Crippen LogP contribution in [0.3, 0.4) is 0 Å². The molecule has 0 unspecified atom stereocenters. The van der Waals surface area contributed by atoms with E-state index in [4.69, 9.17) is 11.2 Å². The number of pyridine rings is 1. The summed E-state index contributed by atoms with van der Waals surface area (Å²) in [5.41, 5.74) is 0.960. The van der Waals surface area contributed by atoms with Crippen LogP contribution >= 0.6 is 0 Å². The fourth-order valence-electron chi connectivity index (χ4n) is 1.05. The van der Waals surface area contributed by atoms with E-state index >= 15 is 0 Å². The summed E-state index contributed by atoms with van der Waals surface area (Å²) in [7, 11) is 1.61. The van der Waals surface area contributed by atoms with Crippen LogP contribution in [0.25, 0.3) is 0 Å². The monoisotopic (exact) mass is 190 g/mol. The number of rotatable bonds is 5. The Morgan fingerprint density at radius 1 is 1.57 bits per heavy atom. The standard InChI is InChI=1S/C11H14N2O/c1-3-4-8-12-9-10-6-5-7-11(13-10)14-2/h1,5-7,12H,4,8-9H2,2H3. The van der Waals surface area contributed by atoms with Crippen molar-refractivity contribution >= 4 is 0 Å². The van der Waals surface area contributed by atoms with Gasteiger partial charge in [-0.2, -0.15) is 0 Å². The van der Waals surface area contributed by atoms with Crippen LogP contribution in [0.2, 0.25) is 0 Å². The second kappa shape index (κ2) is 6.01. The molecule has 0 aliphatic rings. The number of methoxy groups -OCH3 is 1. The first-order valence-electron chi connectivity index (χ1n) is 4.51. The second-order valence-corrected chi connectivity index (χ2v) is 2.80. The van der Waals surface area contributed by atoms with Crippen LogP contribution in [-0.4, -0.2) is 18.6 Å². The largest absolute Gasteiger partial charge is 0.481 e. The maximum atomic E-state index is 5.13. The van der Waals surface area contributed by atoms with Crippen LogP contribution < -0.4 is 10.1 Å². The first kappa shape index (κ1) is 10.6. The normalized spacial score (nSPS) is 9.43. The molecule has 0 bridgehead atoms. The summed E-state index contributed by atoms with van der Waals surface area (Å²) in [5.74, 6) is 3.21. The molecular weight excluding hydrogens is 176 g/mol. The van der Waals surface area contributed by atoms with E-state index in [-0.39, 0.29) is 0 Å². The molecule has 14 heavy (non-hydrogen) atoms. The van der Waals surface area contributed by atoms with Crippen LogP contribution in [-0.2, 0) is 6.54 Å². The van der Waals surface area contributed by atoms with Crippen LogP contribution in [0, 0.1) is 12.3 Å². The molecule has 0 saturated carbocycles. The SMILES string of the molecule is C#CCCNCc1cccc(OC)n1. The molecule has 0 radical (unpaired) electrons. The fourth-order valence-corrected chi connectivity index (χ4v) is 1.05. The van der Waals surface area contributed by atoms with Gasteiger partial charge in [0.15, 0.2) is 0 Å². The van der Waals surface area contributed by atoms with Crippen LogP contribution in [0.5, 0.6) is 5.88 Å². The Kier molecular flexibility index (Phi) is 4.53. The second-order valence-electron chi connectivity index (χ2n) is 2.80. The lowest BCUT2D eigenvalue weighted by molar-refractivity contribution is 0.395. The van der Waals surface area contributed by atoms with Crippen molar-refractivity contribution < 1.29 is 4.74 Å². The van der Waals surface area contributed by atoms with Crippen molar-refractivity contribution in [2.45, 2.75) is 13.0 Å². The Hall–Kier alpha value is -1.53. The minimum Gasteiger partial charge on any atom is -0.481 e. The van der Waals surface area contributed by atoms with E-state index in [0.29, 0.717) is 5.88 Å². The molecule has 0 atom stereocenters. The lowest BCUT2D eigenvalue weighted by Gasteiger charge is -2.03. The van der Waals surface area contributed by atoms with E-state index in [1.807, 2.05) is 18.2 Å². The number of hydrogen-bond donors (Lipinski definition) is 1. The average molecular weight is 190 g/mol. The summed E-state index contributed by atoms with van der Waals surface area (Å²) in [6.07, 6.45) is 5.87. The third kappa shape index (κ3) is 3.46. The Morgan fingerprint density at radius 2 is 2.43 bits per heavy atom. The van der Waals surface area contributed by atoms with E-state index in [1.54, 1.807) is 7.11 Å². The minimum atomic E-state index is 0.640. The van der Waals surface area contributed by atoms with E-state index < -0.39 is 0 Å². The number of hydrogen-bond acceptors (Lipinski definition) is 3. The Balaban J connectivity index is 2.39. The van der Waals surface area contributed by atoms with Gasteiger partial charge in [-0.05, 0) is 6.07 Å². The van der Waals surface area contributed by atoms with Crippen molar-refractivity contribution in [3.63, 3.8) is 0 Å². The highest BCUT2D eigenvalue weighted by molar-refractivity contribution is 5.15. The molecule has 0 aromatic carbocycles. The molecule has 0 saturated heterocycles. The zero-order chi connectivity index (χ0) is 10.2. The Bertz CT molecular complexity index is 317. The van der Waals surface area contributed by atoms with Crippen molar-refractivity contribution in [1.29, 1.82) is 0 Å². The van der Waals surface area contributed by atoms with Gasteiger partial charge in [-0.1, -0.05) is 6.07 Å². The highest BCUT2D eigenvalue weighted by atomic mass is 16.5. The van der Waals surface area contributed by atoms with Gasteiger partial charge in [0.25, 0.3) is 0 Å². The van der Waals surface area contributed by atoms with Crippen molar-refractivity contribution in [2.24, 2.45) is 0 Å². The van der Waals surface area contributed by atoms with Crippen molar-refractivity contribution in [3.05, 3.63) is 23.9 Å². The zero-order valence-electron chi connectivity index (χ0n) is 8.29. The van der Waals surface area contributed by atoms with Gasteiger partial charge in [-0.15, -0.1) is 12.3 Å². The van der Waals surface area contributed by atoms with Gasteiger partial charge in [-0.3, -0.25) is 0 Å². The zero-order valence-corrected chi connectivity index (χ0v) is 8.29. The van der Waals surface area contributed by atoms with Crippen molar-refractivity contribution in [1.82, 2.24) is 10.3 Å². The molecule has 0 aliphatic carbocycles. The molecular formula is C11H14N2O. The third-order valence-electron chi connectivity index (χ3n) is 1.74. The topological polar surface area (TPSA) is 34.1 Å². The summed E-state index contributed by atoms with van der Waals surface area (Å²) in [6.45, 7) is 1.54. The van der Waals surface area contributed by atoms with Crippen molar-refractivity contribution in [3.8, 4) is 18.2 Å². The molecule has 74 valence electrons. The minimum absolute atomic E-state index is 0.640. The van der Waals surface area contributed by atoms with E-state index in [1.165, 1.54) is 0 Å². The van der Waals surface area contributed by atoms with Gasteiger partial charge in [0.05, 0.1) is 12.8 Å². The smallest absolute Gasteiger partial charge is 0.213 e. The lowest BCUT2D eigenvalue weighted by atomic mass is 10.3. The highest BCUT2D eigenvalue weighted by Crippen LogP contribution is 2.05. The molecule has 0 aliphatic heterocycles. The lowest BCUT2D eigenvalue weighted by Crippen LogP contribution is -2.15. The van der Waals surface area contributed by atoms with Gasteiger partial charge in [0.1, 0.15) is 0 Å². The van der Waals surface area contributed by atoms with Crippen molar-refractivity contribution in [2.75, 3.05) is 13.7 Å². The molecule has 1 aromatic heterocycles. The summed E-state index contributed by atoms with van der Waals surface area (Å²) in [6, 6.07) is 5.69. The maximum Gasteiger partial charge on any atom is 0.213 e. The predicted molar refractivity (Wildman–Crippen MR) is 55.9 cm³/mol. The van der Waals surface area contributed by atoms with Gasteiger partial charge in [0.2, 0.25) is 5.88 Å². The molecule has 0 fully saturated rings. The quantitative estimate of drug-likeness (QED) is 0.559. The average Bonchev–Trinajstić information content (AvgIpc) is 2.25.